The van der Waals surface area contributed by atoms with Crippen molar-refractivity contribution in [2.45, 2.75) is 11.1 Å². The summed E-state index contributed by atoms with van der Waals surface area (Å²) < 4.78 is 5.07. The molecule has 11 heavy (non-hydrogen) atoms. The number of aromatic nitrogens is 2. The summed E-state index contributed by atoms with van der Waals surface area (Å²) >= 11 is 1.71. The molecule has 0 aliphatic carbocycles. The third-order valence-electron chi connectivity index (χ3n) is 1.37. The molecule has 0 saturated carbocycles. The van der Waals surface area contributed by atoms with Gasteiger partial charge in [0.15, 0.2) is 0 Å². The van der Waals surface area contributed by atoms with Crippen LogP contribution in [0.3, 0.4) is 0 Å². The second-order valence-corrected chi connectivity index (χ2v) is 3.35. The maximum Gasteiger partial charge on any atom is 0.116 e. The van der Waals surface area contributed by atoms with E-state index in [1.807, 2.05) is 6.07 Å². The van der Waals surface area contributed by atoms with E-state index in [1.165, 1.54) is 0 Å². The highest BCUT2D eigenvalue weighted by Crippen LogP contribution is 2.21. The van der Waals surface area contributed by atoms with Gasteiger partial charge in [0.1, 0.15) is 6.33 Å². The van der Waals surface area contributed by atoms with Crippen molar-refractivity contribution >= 4 is 11.8 Å². The van der Waals surface area contributed by atoms with Crippen LogP contribution in [-0.4, -0.2) is 28.4 Å². The van der Waals surface area contributed by atoms with Gasteiger partial charge in [-0.3, -0.25) is 0 Å². The zero-order valence-corrected chi connectivity index (χ0v) is 6.75. The van der Waals surface area contributed by atoms with Crippen LogP contribution in [0.2, 0.25) is 0 Å². The Bertz CT molecular complexity index is 225. The Kier molecular flexibility index (Phi) is 2.05. The summed E-state index contributed by atoms with van der Waals surface area (Å²) in [6.07, 6.45) is 3.79. The fourth-order valence-corrected chi connectivity index (χ4v) is 1.53. The lowest BCUT2D eigenvalue weighted by atomic mass is 10.6. The highest BCUT2D eigenvalue weighted by Gasteiger charge is 2.22. The van der Waals surface area contributed by atoms with E-state index in [0.717, 1.165) is 17.4 Å². The van der Waals surface area contributed by atoms with Crippen molar-refractivity contribution in [2.75, 3.05) is 12.4 Å². The predicted octanol–water partition coefficient (Wildman–Crippen LogP) is 0.967. The zero-order chi connectivity index (χ0) is 7.52. The summed E-state index contributed by atoms with van der Waals surface area (Å²) in [5, 5.41) is 1.02. The first-order valence-electron chi connectivity index (χ1n) is 3.45. The standard InChI is InChI=1S/C7H8N2OS/c1-2-8-5-9-7(1)11-4-6-3-10-6/h1-2,5-6H,3-4H2/t6-/m0/s1. The van der Waals surface area contributed by atoms with Crippen LogP contribution in [0.5, 0.6) is 0 Å². The highest BCUT2D eigenvalue weighted by molar-refractivity contribution is 7.99. The van der Waals surface area contributed by atoms with Gasteiger partial charge in [-0.2, -0.15) is 0 Å². The van der Waals surface area contributed by atoms with Gasteiger partial charge >= 0.3 is 0 Å². The maximum absolute atomic E-state index is 5.07. The fraction of sp³-hybridized carbons (Fsp3) is 0.429. The van der Waals surface area contributed by atoms with E-state index in [2.05, 4.69) is 9.97 Å². The summed E-state index contributed by atoms with van der Waals surface area (Å²) in [5.41, 5.74) is 0. The molecule has 0 radical (unpaired) electrons. The predicted molar refractivity (Wildman–Crippen MR) is 42.5 cm³/mol. The van der Waals surface area contributed by atoms with E-state index in [0.29, 0.717) is 6.10 Å². The second-order valence-electron chi connectivity index (χ2n) is 2.31. The summed E-state index contributed by atoms with van der Waals surface area (Å²) in [6, 6.07) is 1.91. The molecule has 0 bridgehead atoms. The van der Waals surface area contributed by atoms with Gasteiger partial charge in [-0.15, -0.1) is 11.8 Å². The Labute approximate surface area is 69.2 Å². The largest absolute Gasteiger partial charge is 0.372 e. The molecule has 1 aliphatic rings. The van der Waals surface area contributed by atoms with Gasteiger partial charge in [-0.25, -0.2) is 9.97 Å². The molecule has 1 aromatic rings. The second kappa shape index (κ2) is 3.19. The van der Waals surface area contributed by atoms with Crippen LogP contribution in [0.1, 0.15) is 0 Å². The molecular formula is C7H8N2OS. The van der Waals surface area contributed by atoms with Crippen LogP contribution in [0.25, 0.3) is 0 Å². The minimum Gasteiger partial charge on any atom is -0.372 e. The van der Waals surface area contributed by atoms with E-state index in [9.17, 15) is 0 Å². The number of thioether (sulfide) groups is 1. The molecule has 1 aromatic heterocycles. The molecule has 2 heterocycles. The molecule has 2 rings (SSSR count). The van der Waals surface area contributed by atoms with Crippen LogP contribution < -0.4 is 0 Å². The molecule has 0 aromatic carbocycles. The average Bonchev–Trinajstić information content (AvgIpc) is 2.86. The zero-order valence-electron chi connectivity index (χ0n) is 5.93. The number of rotatable bonds is 3. The summed E-state index contributed by atoms with van der Waals surface area (Å²) in [7, 11) is 0. The van der Waals surface area contributed by atoms with Crippen molar-refractivity contribution in [2.24, 2.45) is 0 Å². The number of ether oxygens (including phenoxy) is 1. The van der Waals surface area contributed by atoms with E-state index < -0.39 is 0 Å². The van der Waals surface area contributed by atoms with Gasteiger partial charge in [0.25, 0.3) is 0 Å². The number of epoxide rings is 1. The topological polar surface area (TPSA) is 38.3 Å². The molecule has 0 N–H and O–H groups in total. The van der Waals surface area contributed by atoms with Gasteiger partial charge in [0.2, 0.25) is 0 Å². The average molecular weight is 168 g/mol. The summed E-state index contributed by atoms with van der Waals surface area (Å²) in [5.74, 6) is 1.01. The first kappa shape index (κ1) is 7.06. The molecular weight excluding hydrogens is 160 g/mol. The van der Waals surface area contributed by atoms with Gasteiger partial charge in [0.05, 0.1) is 17.7 Å². The van der Waals surface area contributed by atoms with Crippen LogP contribution in [0, 0.1) is 0 Å². The molecule has 0 spiro atoms. The SMILES string of the molecule is c1cc(SC[C@@H]2CO2)ncn1. The van der Waals surface area contributed by atoms with E-state index >= 15 is 0 Å². The lowest BCUT2D eigenvalue weighted by Crippen LogP contribution is -1.89. The lowest BCUT2D eigenvalue weighted by Gasteiger charge is -1.94. The number of hydrogen-bond acceptors (Lipinski definition) is 4. The molecule has 0 unspecified atom stereocenters. The molecule has 58 valence electrons. The Morgan fingerprint density at radius 3 is 3.27 bits per heavy atom. The first-order chi connectivity index (χ1) is 5.45. The Morgan fingerprint density at radius 1 is 1.73 bits per heavy atom. The molecule has 1 fully saturated rings. The normalized spacial score (nSPS) is 21.6. The first-order valence-corrected chi connectivity index (χ1v) is 4.44. The summed E-state index contributed by atoms with van der Waals surface area (Å²) in [6.45, 7) is 0.915. The Hall–Kier alpha value is -0.610. The Balaban J connectivity index is 1.85. The molecule has 4 heteroatoms. The van der Waals surface area contributed by atoms with Gasteiger partial charge < -0.3 is 4.74 Å². The van der Waals surface area contributed by atoms with E-state index in [4.69, 9.17) is 4.74 Å². The van der Waals surface area contributed by atoms with Crippen molar-refractivity contribution < 1.29 is 4.74 Å². The smallest absolute Gasteiger partial charge is 0.116 e. The molecule has 1 aliphatic heterocycles. The van der Waals surface area contributed by atoms with Crippen molar-refractivity contribution in [1.82, 2.24) is 9.97 Å². The van der Waals surface area contributed by atoms with Crippen LogP contribution in [-0.2, 0) is 4.74 Å². The monoisotopic (exact) mass is 168 g/mol. The fourth-order valence-electron chi connectivity index (χ4n) is 0.707. The molecule has 0 amide bonds. The van der Waals surface area contributed by atoms with Crippen molar-refractivity contribution in [1.29, 1.82) is 0 Å². The number of nitrogens with zero attached hydrogens (tertiary/aromatic N) is 2. The van der Waals surface area contributed by atoms with Crippen molar-refractivity contribution in [3.05, 3.63) is 18.6 Å². The van der Waals surface area contributed by atoms with Crippen LogP contribution >= 0.6 is 11.8 Å². The van der Waals surface area contributed by atoms with Gasteiger partial charge in [0, 0.05) is 11.9 Å². The highest BCUT2D eigenvalue weighted by atomic mass is 32.2. The van der Waals surface area contributed by atoms with Crippen LogP contribution in [0.15, 0.2) is 23.6 Å². The minimum absolute atomic E-state index is 0.468. The van der Waals surface area contributed by atoms with E-state index in [-0.39, 0.29) is 0 Å². The Morgan fingerprint density at radius 2 is 2.64 bits per heavy atom. The maximum atomic E-state index is 5.07. The molecule has 1 atom stereocenters. The van der Waals surface area contributed by atoms with Crippen LogP contribution in [0.4, 0.5) is 0 Å². The minimum atomic E-state index is 0.468. The molecule has 1 saturated heterocycles. The molecule has 3 nitrogen and oxygen atoms in total. The number of hydrogen-bond donors (Lipinski definition) is 0. The third kappa shape index (κ3) is 2.17. The summed E-state index contributed by atoms with van der Waals surface area (Å²) in [4.78, 5) is 7.91. The van der Waals surface area contributed by atoms with Crippen molar-refractivity contribution in [3.63, 3.8) is 0 Å². The third-order valence-corrected chi connectivity index (χ3v) is 2.45. The van der Waals surface area contributed by atoms with Gasteiger partial charge in [-0.05, 0) is 6.07 Å². The van der Waals surface area contributed by atoms with E-state index in [1.54, 1.807) is 24.3 Å². The van der Waals surface area contributed by atoms with Gasteiger partial charge in [-0.1, -0.05) is 0 Å². The van der Waals surface area contributed by atoms with Crippen molar-refractivity contribution in [3.8, 4) is 0 Å². The lowest BCUT2D eigenvalue weighted by molar-refractivity contribution is 0.426. The quantitative estimate of drug-likeness (QED) is 0.383.